The van der Waals surface area contributed by atoms with E-state index >= 15 is 0 Å². The summed E-state index contributed by atoms with van der Waals surface area (Å²) in [6, 6.07) is 0. The van der Waals surface area contributed by atoms with Gasteiger partial charge in [-0.3, -0.25) is 14.4 Å². The summed E-state index contributed by atoms with van der Waals surface area (Å²) in [6.07, 6.45) is 62.9. The second-order valence-electron chi connectivity index (χ2n) is 19.9. The highest BCUT2D eigenvalue weighted by Gasteiger charge is 2.50. The minimum absolute atomic E-state index is 0.0311. The van der Waals surface area contributed by atoms with Gasteiger partial charge in [-0.15, -0.1) is 0 Å². The molecular formula is C67H104O12. The summed E-state index contributed by atoms with van der Waals surface area (Å²) in [5.74, 6) is -3.32. The molecule has 0 spiro atoms. The Bertz CT molecular complexity index is 1880. The Morgan fingerprint density at radius 3 is 1.25 bits per heavy atom. The SMILES string of the molecule is CC/C=C\C/C=C\C/C=C\C/C=C\C/C=C\C/C=C\CCC(=O)OCC(COC1OC(C(=O)O)C(O)C(O)C1OC(=O)CCC/C=C\C/C=C\C/C=C\C/C=C\C/C=C\CC)OC(=O)CCCCCCCCCCCCCCC. The molecule has 1 rings (SSSR count). The molecule has 1 aliphatic rings. The van der Waals surface area contributed by atoms with Crippen molar-refractivity contribution in [1.82, 2.24) is 0 Å². The van der Waals surface area contributed by atoms with Gasteiger partial charge in [0.2, 0.25) is 0 Å². The molecule has 0 radical (unpaired) electrons. The molecule has 444 valence electrons. The standard InChI is InChI=1S/C67H104O12/c1-4-7-10-13-16-19-22-25-27-29-30-32-33-36-38-41-44-47-50-53-59(68)75-56-58(77-60(69)54-51-48-45-42-39-35-24-21-18-15-12-9-6-3)57-76-67-65(63(72)62(71)64(79-67)66(73)74)78-61(70)55-52-49-46-43-40-37-34-31-28-26-23-20-17-14-11-8-5-2/h7-8,10-11,16-17,19-20,25-28,30,32,34,36-38,43-44,46-47,58,62-65,67,71-72H,4-6,9,12-15,18,21-24,29,31,33,35,39-42,45,48-57H2,1-3H3,(H,73,74)/b10-7-,11-8-,19-16-,20-17-,27-25-,28-26-,32-30-,37-34-,38-36-,46-43-,47-44-. The predicted octanol–water partition coefficient (Wildman–Crippen LogP) is 15.8. The lowest BCUT2D eigenvalue weighted by Crippen LogP contribution is -2.61. The lowest BCUT2D eigenvalue weighted by Gasteiger charge is -2.40. The van der Waals surface area contributed by atoms with Crippen LogP contribution < -0.4 is 0 Å². The molecule has 6 unspecified atom stereocenters. The van der Waals surface area contributed by atoms with Gasteiger partial charge in [0.1, 0.15) is 18.8 Å². The number of carboxylic acids is 1. The van der Waals surface area contributed by atoms with E-state index in [2.05, 4.69) is 130 Å². The Labute approximate surface area is 477 Å². The molecule has 0 bridgehead atoms. The topological polar surface area (TPSA) is 175 Å². The van der Waals surface area contributed by atoms with Crippen molar-refractivity contribution >= 4 is 23.9 Å². The molecule has 0 aromatic heterocycles. The van der Waals surface area contributed by atoms with Gasteiger partial charge >= 0.3 is 23.9 Å². The molecule has 0 aromatic carbocycles. The van der Waals surface area contributed by atoms with Gasteiger partial charge in [-0.25, -0.2) is 4.79 Å². The van der Waals surface area contributed by atoms with E-state index in [0.29, 0.717) is 25.7 Å². The molecule has 12 nitrogen and oxygen atoms in total. The van der Waals surface area contributed by atoms with Crippen molar-refractivity contribution in [2.45, 2.75) is 250 Å². The Morgan fingerprint density at radius 1 is 0.430 bits per heavy atom. The summed E-state index contributed by atoms with van der Waals surface area (Å²) in [5.41, 5.74) is 0. The number of aliphatic hydroxyl groups excluding tert-OH is 2. The van der Waals surface area contributed by atoms with Crippen LogP contribution in [0.1, 0.15) is 213 Å². The average Bonchev–Trinajstić information content (AvgIpc) is 3.47. The monoisotopic (exact) mass is 1100 g/mol. The van der Waals surface area contributed by atoms with Gasteiger partial charge < -0.3 is 39.0 Å². The molecule has 3 N–H and O–H groups in total. The van der Waals surface area contributed by atoms with Crippen molar-refractivity contribution in [1.29, 1.82) is 0 Å². The molecule has 1 aliphatic heterocycles. The normalized spacial score (nSPS) is 18.8. The number of carbonyl (C=O) groups is 4. The molecule has 1 saturated heterocycles. The minimum atomic E-state index is -1.94. The molecular weight excluding hydrogens is 997 g/mol. The van der Waals surface area contributed by atoms with E-state index in [-0.39, 0.29) is 25.9 Å². The highest BCUT2D eigenvalue weighted by Crippen LogP contribution is 2.26. The first-order chi connectivity index (χ1) is 38.6. The maximum atomic E-state index is 13.1. The van der Waals surface area contributed by atoms with Gasteiger partial charge in [0.25, 0.3) is 0 Å². The summed E-state index contributed by atoms with van der Waals surface area (Å²) in [6.45, 7) is 5.66. The number of hydrogen-bond donors (Lipinski definition) is 3. The Morgan fingerprint density at radius 2 is 0.823 bits per heavy atom. The van der Waals surface area contributed by atoms with Gasteiger partial charge in [0, 0.05) is 19.3 Å². The number of ether oxygens (including phenoxy) is 5. The predicted molar refractivity (Wildman–Crippen MR) is 321 cm³/mol. The van der Waals surface area contributed by atoms with Crippen LogP contribution in [0.3, 0.4) is 0 Å². The maximum Gasteiger partial charge on any atom is 0.335 e. The van der Waals surface area contributed by atoms with E-state index in [9.17, 15) is 34.5 Å². The summed E-state index contributed by atoms with van der Waals surface area (Å²) in [5, 5.41) is 31.5. The van der Waals surface area contributed by atoms with Crippen LogP contribution in [0, 0.1) is 0 Å². The number of rotatable bonds is 49. The quantitative estimate of drug-likeness (QED) is 0.0228. The first kappa shape index (κ1) is 71.9. The zero-order chi connectivity index (χ0) is 57.5. The van der Waals surface area contributed by atoms with Gasteiger partial charge in [-0.1, -0.05) is 231 Å². The number of carbonyl (C=O) groups excluding carboxylic acids is 3. The first-order valence-corrected chi connectivity index (χ1v) is 30.2. The van der Waals surface area contributed by atoms with Crippen LogP contribution in [0.25, 0.3) is 0 Å². The second-order valence-corrected chi connectivity index (χ2v) is 19.9. The van der Waals surface area contributed by atoms with Crippen LogP contribution in [-0.2, 0) is 42.9 Å². The lowest BCUT2D eigenvalue weighted by molar-refractivity contribution is -0.301. The summed E-state index contributed by atoms with van der Waals surface area (Å²) in [7, 11) is 0. The molecule has 79 heavy (non-hydrogen) atoms. The molecule has 1 heterocycles. The van der Waals surface area contributed by atoms with Gasteiger partial charge in [-0.05, 0) is 96.3 Å². The van der Waals surface area contributed by atoms with Crippen molar-refractivity contribution < 1.29 is 58.2 Å². The van der Waals surface area contributed by atoms with Crippen LogP contribution in [-0.4, -0.2) is 89.2 Å². The summed E-state index contributed by atoms with van der Waals surface area (Å²) >= 11 is 0. The van der Waals surface area contributed by atoms with Crippen LogP contribution in [0.2, 0.25) is 0 Å². The Kier molecular flexibility index (Phi) is 48.7. The number of esters is 3. The fraction of sp³-hybridized carbons (Fsp3) is 0.612. The number of hydrogen-bond acceptors (Lipinski definition) is 11. The third-order valence-corrected chi connectivity index (χ3v) is 12.7. The van der Waals surface area contributed by atoms with E-state index in [0.717, 1.165) is 89.9 Å². The zero-order valence-corrected chi connectivity index (χ0v) is 48.8. The highest BCUT2D eigenvalue weighted by molar-refractivity contribution is 5.74. The van der Waals surface area contributed by atoms with Crippen LogP contribution in [0.5, 0.6) is 0 Å². The highest BCUT2D eigenvalue weighted by atomic mass is 16.7. The van der Waals surface area contributed by atoms with E-state index in [4.69, 9.17) is 23.7 Å². The number of aliphatic hydroxyl groups is 2. The van der Waals surface area contributed by atoms with Crippen molar-refractivity contribution in [2.24, 2.45) is 0 Å². The minimum Gasteiger partial charge on any atom is -0.479 e. The fourth-order valence-electron chi connectivity index (χ4n) is 8.19. The molecule has 6 atom stereocenters. The largest absolute Gasteiger partial charge is 0.479 e. The number of carboxylic acid groups (broad SMARTS) is 1. The van der Waals surface area contributed by atoms with E-state index < -0.39 is 67.3 Å². The molecule has 0 aromatic rings. The van der Waals surface area contributed by atoms with Crippen LogP contribution >= 0.6 is 0 Å². The third-order valence-electron chi connectivity index (χ3n) is 12.7. The molecule has 12 heteroatoms. The maximum absolute atomic E-state index is 13.1. The molecule has 0 saturated carbocycles. The van der Waals surface area contributed by atoms with Crippen molar-refractivity contribution in [3.63, 3.8) is 0 Å². The van der Waals surface area contributed by atoms with Crippen LogP contribution in [0.15, 0.2) is 134 Å². The van der Waals surface area contributed by atoms with Crippen LogP contribution in [0.4, 0.5) is 0 Å². The van der Waals surface area contributed by atoms with E-state index in [1.807, 2.05) is 24.3 Å². The zero-order valence-electron chi connectivity index (χ0n) is 48.8. The van der Waals surface area contributed by atoms with E-state index in [1.54, 1.807) is 0 Å². The van der Waals surface area contributed by atoms with Crippen molar-refractivity contribution in [2.75, 3.05) is 13.2 Å². The van der Waals surface area contributed by atoms with Gasteiger partial charge in [0.15, 0.2) is 24.6 Å². The van der Waals surface area contributed by atoms with Crippen molar-refractivity contribution in [3.05, 3.63) is 134 Å². The number of aliphatic carboxylic acids is 1. The average molecular weight is 1100 g/mol. The number of unbranched alkanes of at least 4 members (excludes halogenated alkanes) is 13. The molecule has 1 fully saturated rings. The molecule has 0 amide bonds. The second kappa shape index (κ2) is 53.5. The third kappa shape index (κ3) is 43.4. The summed E-state index contributed by atoms with van der Waals surface area (Å²) < 4.78 is 28.3. The first-order valence-electron chi connectivity index (χ1n) is 30.2. The smallest absolute Gasteiger partial charge is 0.335 e. The summed E-state index contributed by atoms with van der Waals surface area (Å²) in [4.78, 5) is 51.1. The lowest BCUT2D eigenvalue weighted by atomic mass is 9.98. The van der Waals surface area contributed by atoms with E-state index in [1.165, 1.54) is 57.8 Å². The van der Waals surface area contributed by atoms with Crippen molar-refractivity contribution in [3.8, 4) is 0 Å². The van der Waals surface area contributed by atoms with Gasteiger partial charge in [0.05, 0.1) is 6.61 Å². The number of allylic oxidation sites excluding steroid dienone is 22. The Balaban J connectivity index is 2.77. The van der Waals surface area contributed by atoms with Gasteiger partial charge in [-0.2, -0.15) is 0 Å². The molecule has 0 aliphatic carbocycles. The fourth-order valence-corrected chi connectivity index (χ4v) is 8.19. The Hall–Kier alpha value is -5.14.